The monoisotopic (exact) mass is 344 g/mol. The predicted molar refractivity (Wildman–Crippen MR) is 92.9 cm³/mol. The fourth-order valence-electron chi connectivity index (χ4n) is 2.75. The molecule has 0 aliphatic heterocycles. The molecule has 0 unspecified atom stereocenters. The van der Waals surface area contributed by atoms with Crippen molar-refractivity contribution in [3.8, 4) is 11.1 Å². The Balaban J connectivity index is 2.12. The molecule has 2 aromatic rings. The quantitative estimate of drug-likeness (QED) is 0.705. The van der Waals surface area contributed by atoms with Crippen molar-refractivity contribution in [2.45, 2.75) is 32.6 Å². The maximum absolute atomic E-state index is 14.4. The van der Waals surface area contributed by atoms with Crippen molar-refractivity contribution in [1.82, 2.24) is 0 Å². The van der Waals surface area contributed by atoms with E-state index in [1.54, 1.807) is 12.1 Å². The zero-order chi connectivity index (χ0) is 18.4. The molecule has 0 aromatic heterocycles. The summed E-state index contributed by atoms with van der Waals surface area (Å²) in [7, 11) is 0. The van der Waals surface area contributed by atoms with E-state index in [1.807, 2.05) is 24.3 Å². The van der Waals surface area contributed by atoms with Gasteiger partial charge in [-0.1, -0.05) is 49.7 Å². The molecular formula is C20H21FO4. The summed E-state index contributed by atoms with van der Waals surface area (Å²) in [5, 5.41) is 17.7. The minimum Gasteiger partial charge on any atom is -0.481 e. The number of aryl methyl sites for hydroxylation is 2. The van der Waals surface area contributed by atoms with Crippen LogP contribution in [0.15, 0.2) is 42.5 Å². The van der Waals surface area contributed by atoms with Crippen molar-refractivity contribution in [2.24, 2.45) is 5.92 Å². The molecule has 0 radical (unpaired) electrons. The highest BCUT2D eigenvalue weighted by Crippen LogP contribution is 2.25. The second-order valence-electron chi connectivity index (χ2n) is 6.03. The number of aliphatic carboxylic acids is 2. The first kappa shape index (κ1) is 18.6. The molecule has 4 nitrogen and oxygen atoms in total. The molecule has 5 heteroatoms. The van der Waals surface area contributed by atoms with Gasteiger partial charge in [-0.3, -0.25) is 9.59 Å². The third-order valence-electron chi connectivity index (χ3n) is 4.15. The number of halogens is 1. The second-order valence-corrected chi connectivity index (χ2v) is 6.03. The van der Waals surface area contributed by atoms with Crippen LogP contribution < -0.4 is 0 Å². The number of carbonyl (C=O) groups is 2. The third kappa shape index (κ3) is 4.89. The zero-order valence-electron chi connectivity index (χ0n) is 14.0. The number of hydrogen-bond acceptors (Lipinski definition) is 2. The lowest BCUT2D eigenvalue weighted by molar-refractivity contribution is -0.154. The summed E-state index contributed by atoms with van der Waals surface area (Å²) >= 11 is 0. The highest BCUT2D eigenvalue weighted by atomic mass is 19.1. The van der Waals surface area contributed by atoms with Crippen LogP contribution in [-0.2, 0) is 22.4 Å². The molecular weight excluding hydrogens is 323 g/mol. The number of carboxylic acid groups (broad SMARTS) is 2. The Hall–Kier alpha value is -2.69. The molecule has 25 heavy (non-hydrogen) atoms. The second kappa shape index (κ2) is 8.42. The van der Waals surface area contributed by atoms with E-state index in [-0.39, 0.29) is 12.8 Å². The Morgan fingerprint density at radius 2 is 1.56 bits per heavy atom. The van der Waals surface area contributed by atoms with Gasteiger partial charge in [0.25, 0.3) is 0 Å². The van der Waals surface area contributed by atoms with E-state index in [0.29, 0.717) is 11.1 Å². The van der Waals surface area contributed by atoms with Gasteiger partial charge in [-0.2, -0.15) is 0 Å². The normalized spacial score (nSPS) is 10.8. The Morgan fingerprint density at radius 1 is 0.960 bits per heavy atom. The summed E-state index contributed by atoms with van der Waals surface area (Å²) in [4.78, 5) is 21.8. The molecule has 132 valence electrons. The van der Waals surface area contributed by atoms with Gasteiger partial charge >= 0.3 is 11.9 Å². The van der Waals surface area contributed by atoms with E-state index in [1.165, 1.54) is 11.6 Å². The highest BCUT2D eigenvalue weighted by molar-refractivity contribution is 5.92. The van der Waals surface area contributed by atoms with Gasteiger partial charge in [0, 0.05) is 5.56 Å². The topological polar surface area (TPSA) is 74.6 Å². The summed E-state index contributed by atoms with van der Waals surface area (Å²) in [6.45, 7) is 2.10. The van der Waals surface area contributed by atoms with Crippen LogP contribution in [0.5, 0.6) is 0 Å². The standard InChI is InChI=1S/C20H21FO4/c1-2-3-13-4-8-15(9-5-13)16-10-6-14(12-18(16)21)7-11-17(19(22)23)20(24)25/h4-6,8-10,12,17H,2-3,7,11H2,1H3,(H,22,23)(H,24,25). The lowest BCUT2D eigenvalue weighted by atomic mass is 9.96. The first-order chi connectivity index (χ1) is 11.9. The Labute approximate surface area is 145 Å². The van der Waals surface area contributed by atoms with Gasteiger partial charge < -0.3 is 10.2 Å². The van der Waals surface area contributed by atoms with Crippen LogP contribution in [0.3, 0.4) is 0 Å². The average molecular weight is 344 g/mol. The van der Waals surface area contributed by atoms with Crippen molar-refractivity contribution in [3.05, 3.63) is 59.4 Å². The largest absolute Gasteiger partial charge is 0.481 e. The molecule has 0 atom stereocenters. The number of carboxylic acids is 2. The smallest absolute Gasteiger partial charge is 0.317 e. The number of rotatable bonds is 8. The molecule has 0 aliphatic carbocycles. The Kier molecular flexibility index (Phi) is 6.28. The molecule has 2 aromatic carbocycles. The van der Waals surface area contributed by atoms with E-state index in [4.69, 9.17) is 10.2 Å². The fraction of sp³-hybridized carbons (Fsp3) is 0.300. The highest BCUT2D eigenvalue weighted by Gasteiger charge is 2.25. The van der Waals surface area contributed by atoms with E-state index in [2.05, 4.69) is 6.92 Å². The van der Waals surface area contributed by atoms with Gasteiger partial charge in [-0.15, -0.1) is 0 Å². The van der Waals surface area contributed by atoms with Gasteiger partial charge in [-0.05, 0) is 42.0 Å². The molecule has 0 heterocycles. The van der Waals surface area contributed by atoms with Gasteiger partial charge in [0.1, 0.15) is 5.82 Å². The molecule has 0 saturated carbocycles. The van der Waals surface area contributed by atoms with Crippen molar-refractivity contribution >= 4 is 11.9 Å². The van der Waals surface area contributed by atoms with Gasteiger partial charge in [0.2, 0.25) is 0 Å². The van der Waals surface area contributed by atoms with Crippen molar-refractivity contribution in [2.75, 3.05) is 0 Å². The van der Waals surface area contributed by atoms with Gasteiger partial charge in [0.15, 0.2) is 5.92 Å². The van der Waals surface area contributed by atoms with Crippen LogP contribution in [0.1, 0.15) is 30.9 Å². The Morgan fingerprint density at radius 3 is 2.08 bits per heavy atom. The lowest BCUT2D eigenvalue weighted by Gasteiger charge is -2.09. The van der Waals surface area contributed by atoms with Crippen LogP contribution in [0.25, 0.3) is 11.1 Å². The van der Waals surface area contributed by atoms with E-state index < -0.39 is 23.7 Å². The van der Waals surface area contributed by atoms with Crippen LogP contribution in [-0.4, -0.2) is 22.2 Å². The fourth-order valence-corrected chi connectivity index (χ4v) is 2.75. The average Bonchev–Trinajstić information content (AvgIpc) is 2.56. The lowest BCUT2D eigenvalue weighted by Crippen LogP contribution is -2.23. The maximum Gasteiger partial charge on any atom is 0.317 e. The molecule has 2 N–H and O–H groups in total. The SMILES string of the molecule is CCCc1ccc(-c2ccc(CCC(C(=O)O)C(=O)O)cc2F)cc1. The zero-order valence-corrected chi connectivity index (χ0v) is 14.0. The molecule has 0 fully saturated rings. The minimum absolute atomic E-state index is 0.0742. The molecule has 0 bridgehead atoms. The summed E-state index contributed by atoms with van der Waals surface area (Å²) in [5.41, 5.74) is 3.03. The molecule has 0 spiro atoms. The maximum atomic E-state index is 14.4. The van der Waals surface area contributed by atoms with Crippen LogP contribution in [0, 0.1) is 11.7 Å². The Bertz CT molecular complexity index is 739. The van der Waals surface area contributed by atoms with Crippen LogP contribution in [0.4, 0.5) is 4.39 Å². The minimum atomic E-state index is -1.48. The van der Waals surface area contributed by atoms with E-state index >= 15 is 0 Å². The molecule has 0 amide bonds. The molecule has 2 rings (SSSR count). The van der Waals surface area contributed by atoms with Gasteiger partial charge in [-0.25, -0.2) is 4.39 Å². The van der Waals surface area contributed by atoms with Crippen molar-refractivity contribution < 1.29 is 24.2 Å². The number of hydrogen-bond donors (Lipinski definition) is 2. The summed E-state index contributed by atoms with van der Waals surface area (Å²) < 4.78 is 14.4. The van der Waals surface area contributed by atoms with E-state index in [9.17, 15) is 14.0 Å². The predicted octanol–water partition coefficient (Wildman–Crippen LogP) is 4.16. The van der Waals surface area contributed by atoms with Crippen molar-refractivity contribution in [1.29, 1.82) is 0 Å². The number of benzene rings is 2. The van der Waals surface area contributed by atoms with Gasteiger partial charge in [0.05, 0.1) is 0 Å². The first-order valence-corrected chi connectivity index (χ1v) is 8.25. The van der Waals surface area contributed by atoms with Crippen LogP contribution in [0.2, 0.25) is 0 Å². The molecule has 0 aliphatic rings. The third-order valence-corrected chi connectivity index (χ3v) is 4.15. The first-order valence-electron chi connectivity index (χ1n) is 8.25. The summed E-state index contributed by atoms with van der Waals surface area (Å²) in [6, 6.07) is 12.4. The van der Waals surface area contributed by atoms with Crippen LogP contribution >= 0.6 is 0 Å². The molecule has 0 saturated heterocycles. The summed E-state index contributed by atoms with van der Waals surface area (Å²) in [6.07, 6.45) is 2.15. The van der Waals surface area contributed by atoms with Crippen molar-refractivity contribution in [3.63, 3.8) is 0 Å². The van der Waals surface area contributed by atoms with E-state index in [0.717, 1.165) is 18.4 Å². The summed E-state index contributed by atoms with van der Waals surface area (Å²) in [5.74, 6) is -4.63.